The van der Waals surface area contributed by atoms with Gasteiger partial charge >= 0.3 is 0 Å². The van der Waals surface area contributed by atoms with Gasteiger partial charge in [-0.25, -0.2) is 9.50 Å². The number of ether oxygens (including phenoxy) is 2. The van der Waals surface area contributed by atoms with Gasteiger partial charge in [-0.15, -0.1) is 0 Å². The van der Waals surface area contributed by atoms with Crippen molar-refractivity contribution in [1.29, 1.82) is 0 Å². The molecule has 176 valence electrons. The van der Waals surface area contributed by atoms with E-state index in [0.717, 1.165) is 58.5 Å². The van der Waals surface area contributed by atoms with Gasteiger partial charge in [-0.3, -0.25) is 4.79 Å². The zero-order chi connectivity index (χ0) is 23.8. The SMILES string of the molecule is COc1ccc([C@@H]2CCCN2C(=O)CCc2c(C)nc3c4ccccc4nn3c2C)cc1OC. The zero-order valence-electron chi connectivity index (χ0n) is 20.2. The Kier molecular flexibility index (Phi) is 5.86. The van der Waals surface area contributed by atoms with Gasteiger partial charge < -0.3 is 14.4 Å². The van der Waals surface area contributed by atoms with Crippen LogP contribution in [0.5, 0.6) is 11.5 Å². The molecule has 3 heterocycles. The van der Waals surface area contributed by atoms with E-state index in [1.807, 2.05) is 52.7 Å². The molecule has 0 aliphatic carbocycles. The molecule has 1 atom stereocenters. The molecule has 1 aliphatic heterocycles. The number of hydrogen-bond donors (Lipinski definition) is 0. The van der Waals surface area contributed by atoms with Crippen molar-refractivity contribution in [2.75, 3.05) is 20.8 Å². The summed E-state index contributed by atoms with van der Waals surface area (Å²) >= 11 is 0. The Morgan fingerprint density at radius 1 is 1.09 bits per heavy atom. The predicted molar refractivity (Wildman–Crippen MR) is 132 cm³/mol. The van der Waals surface area contributed by atoms with Crippen LogP contribution < -0.4 is 9.47 Å². The minimum absolute atomic E-state index is 0.0616. The quantitative estimate of drug-likeness (QED) is 0.415. The monoisotopic (exact) mass is 458 g/mol. The fourth-order valence-corrected chi connectivity index (χ4v) is 5.19. The number of amides is 1. The smallest absolute Gasteiger partial charge is 0.223 e. The van der Waals surface area contributed by atoms with E-state index >= 15 is 0 Å². The van der Waals surface area contributed by atoms with Crippen LogP contribution >= 0.6 is 0 Å². The summed E-state index contributed by atoms with van der Waals surface area (Å²) < 4.78 is 12.8. The van der Waals surface area contributed by atoms with E-state index in [4.69, 9.17) is 19.6 Å². The van der Waals surface area contributed by atoms with E-state index in [1.54, 1.807) is 14.2 Å². The first-order valence-electron chi connectivity index (χ1n) is 11.8. The summed E-state index contributed by atoms with van der Waals surface area (Å²) in [6.45, 7) is 4.87. The second-order valence-electron chi connectivity index (χ2n) is 8.87. The van der Waals surface area contributed by atoms with Gasteiger partial charge in [-0.2, -0.15) is 5.10 Å². The maximum Gasteiger partial charge on any atom is 0.223 e. The molecule has 2 aromatic carbocycles. The Balaban J connectivity index is 1.37. The first-order valence-corrected chi connectivity index (χ1v) is 11.8. The molecule has 7 nitrogen and oxygen atoms in total. The van der Waals surface area contributed by atoms with Gasteiger partial charge in [0.05, 0.1) is 25.8 Å². The number of hydrogen-bond acceptors (Lipinski definition) is 5. The van der Waals surface area contributed by atoms with E-state index in [1.165, 1.54) is 0 Å². The van der Waals surface area contributed by atoms with Crippen molar-refractivity contribution in [2.45, 2.75) is 45.6 Å². The topological polar surface area (TPSA) is 69.0 Å². The van der Waals surface area contributed by atoms with E-state index in [0.29, 0.717) is 24.3 Å². The van der Waals surface area contributed by atoms with Crippen molar-refractivity contribution < 1.29 is 14.3 Å². The van der Waals surface area contributed by atoms with Crippen molar-refractivity contribution in [1.82, 2.24) is 19.5 Å². The van der Waals surface area contributed by atoms with Crippen LogP contribution in [0.1, 0.15) is 47.8 Å². The molecular formula is C27H30N4O3. The van der Waals surface area contributed by atoms with Crippen molar-refractivity contribution in [3.8, 4) is 11.5 Å². The second-order valence-corrected chi connectivity index (χ2v) is 8.87. The van der Waals surface area contributed by atoms with Crippen molar-refractivity contribution in [3.05, 3.63) is 65.0 Å². The van der Waals surface area contributed by atoms with Gasteiger partial charge in [-0.05, 0) is 68.5 Å². The molecule has 4 aromatic rings. The third-order valence-corrected chi connectivity index (χ3v) is 6.97. The third-order valence-electron chi connectivity index (χ3n) is 6.97. The Bertz CT molecular complexity index is 1380. The Hall–Kier alpha value is -3.61. The molecule has 1 saturated heterocycles. The van der Waals surface area contributed by atoms with Crippen LogP contribution in [-0.4, -0.2) is 46.2 Å². The van der Waals surface area contributed by atoms with Gasteiger partial charge in [0, 0.05) is 29.7 Å². The largest absolute Gasteiger partial charge is 0.493 e. The number of methoxy groups -OCH3 is 2. The molecule has 0 bridgehead atoms. The third kappa shape index (κ3) is 3.75. The van der Waals surface area contributed by atoms with Crippen LogP contribution in [0.25, 0.3) is 16.6 Å². The van der Waals surface area contributed by atoms with E-state index in [9.17, 15) is 4.79 Å². The predicted octanol–water partition coefficient (Wildman–Crippen LogP) is 4.81. The lowest BCUT2D eigenvalue weighted by Crippen LogP contribution is -2.31. The molecule has 1 aliphatic rings. The first kappa shape index (κ1) is 22.2. The van der Waals surface area contributed by atoms with Gasteiger partial charge in [0.2, 0.25) is 5.91 Å². The van der Waals surface area contributed by atoms with Gasteiger partial charge in [0.25, 0.3) is 0 Å². The van der Waals surface area contributed by atoms with Gasteiger partial charge in [-0.1, -0.05) is 18.2 Å². The summed E-state index contributed by atoms with van der Waals surface area (Å²) in [4.78, 5) is 20.2. The fraction of sp³-hybridized carbons (Fsp3) is 0.370. The normalized spacial score (nSPS) is 15.9. The molecule has 2 aromatic heterocycles. The Morgan fingerprint density at radius 3 is 2.68 bits per heavy atom. The fourth-order valence-electron chi connectivity index (χ4n) is 5.19. The Labute approximate surface area is 199 Å². The van der Waals surface area contributed by atoms with Crippen LogP contribution in [0.4, 0.5) is 0 Å². The lowest BCUT2D eigenvalue weighted by atomic mass is 10.0. The molecule has 34 heavy (non-hydrogen) atoms. The minimum atomic E-state index is 0.0616. The molecule has 0 spiro atoms. The minimum Gasteiger partial charge on any atom is -0.493 e. The second kappa shape index (κ2) is 8.97. The number of fused-ring (bicyclic) bond motifs is 3. The first-order chi connectivity index (χ1) is 16.5. The summed E-state index contributed by atoms with van der Waals surface area (Å²) in [5.41, 5.74) is 5.98. The number of likely N-dealkylation sites (tertiary alicyclic amines) is 1. The standard InChI is InChI=1S/C27H30N4O3/c1-17-20(18(2)31-27(28-17)21-8-5-6-9-22(21)29-31)12-14-26(32)30-15-7-10-23(30)19-11-13-24(33-3)25(16-19)34-4/h5-6,8-9,11,13,16,23H,7,10,12,14-15H2,1-4H3/t23-/m0/s1. The summed E-state index contributed by atoms with van der Waals surface area (Å²) in [6.07, 6.45) is 3.03. The lowest BCUT2D eigenvalue weighted by Gasteiger charge is -2.26. The highest BCUT2D eigenvalue weighted by atomic mass is 16.5. The van der Waals surface area contributed by atoms with Crippen LogP contribution in [0.2, 0.25) is 0 Å². The number of carbonyl (C=O) groups excluding carboxylic acids is 1. The van der Waals surface area contributed by atoms with Crippen LogP contribution in [0.3, 0.4) is 0 Å². The van der Waals surface area contributed by atoms with Crippen molar-refractivity contribution >= 4 is 22.5 Å². The molecule has 1 amide bonds. The molecule has 0 N–H and O–H groups in total. The molecule has 7 heteroatoms. The van der Waals surface area contributed by atoms with Crippen LogP contribution in [0, 0.1) is 13.8 Å². The summed E-state index contributed by atoms with van der Waals surface area (Å²) in [5, 5.41) is 5.79. The van der Waals surface area contributed by atoms with Crippen LogP contribution in [0.15, 0.2) is 42.5 Å². The molecule has 0 unspecified atom stereocenters. The molecular weight excluding hydrogens is 428 g/mol. The van der Waals surface area contributed by atoms with Crippen molar-refractivity contribution in [3.63, 3.8) is 0 Å². The zero-order valence-corrected chi connectivity index (χ0v) is 20.2. The molecule has 5 rings (SSSR count). The average molecular weight is 459 g/mol. The van der Waals surface area contributed by atoms with E-state index in [2.05, 4.69) is 13.0 Å². The summed E-state index contributed by atoms with van der Waals surface area (Å²) in [7, 11) is 3.27. The van der Waals surface area contributed by atoms with E-state index < -0.39 is 0 Å². The number of nitrogens with zero attached hydrogens (tertiary/aromatic N) is 4. The number of aromatic nitrogens is 3. The van der Waals surface area contributed by atoms with Crippen molar-refractivity contribution in [2.24, 2.45) is 0 Å². The van der Waals surface area contributed by atoms with Gasteiger partial charge in [0.15, 0.2) is 17.1 Å². The molecule has 0 saturated carbocycles. The maximum absolute atomic E-state index is 13.3. The van der Waals surface area contributed by atoms with E-state index in [-0.39, 0.29) is 11.9 Å². The lowest BCUT2D eigenvalue weighted by molar-refractivity contribution is -0.132. The Morgan fingerprint density at radius 2 is 1.88 bits per heavy atom. The van der Waals surface area contributed by atoms with Gasteiger partial charge in [0.1, 0.15) is 0 Å². The average Bonchev–Trinajstić information content (AvgIpc) is 3.49. The number of carbonyl (C=O) groups is 1. The maximum atomic E-state index is 13.3. The molecule has 1 fully saturated rings. The highest BCUT2D eigenvalue weighted by Crippen LogP contribution is 2.37. The summed E-state index contributed by atoms with van der Waals surface area (Å²) in [5.74, 6) is 1.56. The highest BCUT2D eigenvalue weighted by Gasteiger charge is 2.30. The number of aryl methyl sites for hydroxylation is 2. The number of rotatable bonds is 6. The molecule has 0 radical (unpaired) electrons. The number of benzene rings is 2. The van der Waals surface area contributed by atoms with Crippen LogP contribution in [-0.2, 0) is 11.2 Å². The highest BCUT2D eigenvalue weighted by molar-refractivity contribution is 5.92. The summed E-state index contributed by atoms with van der Waals surface area (Å²) in [6, 6.07) is 14.0.